The molecule has 0 amide bonds. The molecule has 3 aromatic rings. The van der Waals surface area contributed by atoms with Gasteiger partial charge in [-0.25, -0.2) is 4.98 Å². The number of aliphatic hydroxyl groups excluding tert-OH is 1. The Morgan fingerprint density at radius 2 is 1.93 bits per heavy atom. The number of aliphatic hydroxyl groups is 1. The van der Waals surface area contributed by atoms with Crippen LogP contribution in [0.15, 0.2) is 48.5 Å². The third-order valence-corrected chi connectivity index (χ3v) is 5.61. The Labute approximate surface area is 172 Å². The fraction of sp³-hybridized carbons (Fsp3) is 0.435. The van der Waals surface area contributed by atoms with E-state index in [1.165, 1.54) is 5.56 Å². The van der Waals surface area contributed by atoms with Crippen molar-refractivity contribution in [1.29, 1.82) is 0 Å². The monoisotopic (exact) mass is 394 g/mol. The summed E-state index contributed by atoms with van der Waals surface area (Å²) >= 11 is 0. The predicted molar refractivity (Wildman–Crippen MR) is 115 cm³/mol. The number of para-hydroxylation sites is 3. The second kappa shape index (κ2) is 9.39. The Morgan fingerprint density at radius 1 is 1.10 bits per heavy atom. The number of aromatic nitrogens is 2. The molecule has 6 nitrogen and oxygen atoms in total. The molecular formula is C23H30N4O2. The second-order valence-corrected chi connectivity index (χ2v) is 7.61. The molecule has 0 spiro atoms. The fourth-order valence-electron chi connectivity index (χ4n) is 4.17. The van der Waals surface area contributed by atoms with Crippen molar-refractivity contribution in [3.05, 3.63) is 59.9 Å². The average Bonchev–Trinajstić information content (AvgIpc) is 3.14. The first-order valence-electron chi connectivity index (χ1n) is 10.5. The molecule has 4 rings (SSSR count). The molecule has 1 atom stereocenters. The van der Waals surface area contributed by atoms with Gasteiger partial charge in [-0.3, -0.25) is 9.80 Å². The van der Waals surface area contributed by atoms with E-state index >= 15 is 0 Å². The van der Waals surface area contributed by atoms with Gasteiger partial charge in [-0.1, -0.05) is 30.3 Å². The third kappa shape index (κ3) is 4.78. The Bertz CT molecular complexity index is 893. The lowest BCUT2D eigenvalue weighted by Gasteiger charge is -2.41. The Balaban J connectivity index is 1.43. The van der Waals surface area contributed by atoms with Crippen LogP contribution in [0, 0.1) is 0 Å². The van der Waals surface area contributed by atoms with E-state index in [9.17, 15) is 5.11 Å². The minimum absolute atomic E-state index is 0.201. The van der Waals surface area contributed by atoms with Crippen LogP contribution in [0.5, 0.6) is 5.75 Å². The zero-order valence-corrected chi connectivity index (χ0v) is 17.1. The molecule has 1 aliphatic heterocycles. The van der Waals surface area contributed by atoms with E-state index in [-0.39, 0.29) is 6.61 Å². The maximum absolute atomic E-state index is 9.62. The normalized spacial score (nSPS) is 18.3. The first-order valence-corrected chi connectivity index (χ1v) is 10.5. The van der Waals surface area contributed by atoms with Crippen molar-refractivity contribution in [2.75, 3.05) is 32.8 Å². The van der Waals surface area contributed by atoms with Crippen LogP contribution >= 0.6 is 0 Å². The summed E-state index contributed by atoms with van der Waals surface area (Å²) in [5.74, 6) is 1.96. The molecule has 2 aromatic carbocycles. The number of aromatic amines is 1. The summed E-state index contributed by atoms with van der Waals surface area (Å²) in [4.78, 5) is 13.1. The van der Waals surface area contributed by atoms with Crippen molar-refractivity contribution in [3.8, 4) is 5.75 Å². The Kier molecular flexibility index (Phi) is 6.44. The fourth-order valence-corrected chi connectivity index (χ4v) is 4.17. The largest absolute Gasteiger partial charge is 0.494 e. The number of piperazine rings is 1. The molecule has 1 saturated heterocycles. The van der Waals surface area contributed by atoms with Gasteiger partial charge in [0.15, 0.2) is 0 Å². The first kappa shape index (κ1) is 19.9. The van der Waals surface area contributed by atoms with Crippen LogP contribution in [0.4, 0.5) is 0 Å². The quantitative estimate of drug-likeness (QED) is 0.615. The lowest BCUT2D eigenvalue weighted by Crippen LogP contribution is -2.52. The Morgan fingerprint density at radius 3 is 2.76 bits per heavy atom. The highest BCUT2D eigenvalue weighted by Gasteiger charge is 2.27. The van der Waals surface area contributed by atoms with E-state index in [0.717, 1.165) is 61.8 Å². The summed E-state index contributed by atoms with van der Waals surface area (Å²) in [6.45, 7) is 7.41. The van der Waals surface area contributed by atoms with Crippen LogP contribution in [0.25, 0.3) is 11.0 Å². The SMILES string of the molecule is CCOc1ccccc1CN1CCN(Cc2nc3ccccc3[nH]2)C[C@@H]1CCO. The Hall–Kier alpha value is -2.41. The van der Waals surface area contributed by atoms with E-state index in [1.807, 2.05) is 37.3 Å². The molecule has 0 saturated carbocycles. The summed E-state index contributed by atoms with van der Waals surface area (Å²) in [7, 11) is 0. The number of ether oxygens (including phenoxy) is 1. The van der Waals surface area contributed by atoms with Gasteiger partial charge >= 0.3 is 0 Å². The van der Waals surface area contributed by atoms with Crippen LogP contribution in [0.2, 0.25) is 0 Å². The molecule has 2 heterocycles. The zero-order valence-electron chi connectivity index (χ0n) is 17.1. The molecule has 29 heavy (non-hydrogen) atoms. The van der Waals surface area contributed by atoms with Gasteiger partial charge in [-0.15, -0.1) is 0 Å². The van der Waals surface area contributed by atoms with E-state index in [2.05, 4.69) is 33.0 Å². The molecule has 0 radical (unpaired) electrons. The van der Waals surface area contributed by atoms with E-state index in [0.29, 0.717) is 12.6 Å². The van der Waals surface area contributed by atoms with Crippen molar-refractivity contribution in [3.63, 3.8) is 0 Å². The number of benzene rings is 2. The molecule has 1 aliphatic rings. The van der Waals surface area contributed by atoms with E-state index < -0.39 is 0 Å². The van der Waals surface area contributed by atoms with Crippen molar-refractivity contribution in [2.24, 2.45) is 0 Å². The highest BCUT2D eigenvalue weighted by Crippen LogP contribution is 2.24. The van der Waals surface area contributed by atoms with Crippen LogP contribution in [-0.2, 0) is 13.1 Å². The summed E-state index contributed by atoms with van der Waals surface area (Å²) < 4.78 is 5.80. The lowest BCUT2D eigenvalue weighted by atomic mass is 10.1. The van der Waals surface area contributed by atoms with Gasteiger partial charge in [-0.2, -0.15) is 0 Å². The van der Waals surface area contributed by atoms with Crippen LogP contribution in [0.1, 0.15) is 24.7 Å². The van der Waals surface area contributed by atoms with Gasteiger partial charge in [0.05, 0.1) is 24.2 Å². The van der Waals surface area contributed by atoms with Gasteiger partial charge in [0.2, 0.25) is 0 Å². The number of nitrogens with zero attached hydrogens (tertiary/aromatic N) is 3. The van der Waals surface area contributed by atoms with Crippen molar-refractivity contribution in [2.45, 2.75) is 32.5 Å². The molecule has 1 aromatic heterocycles. The number of nitrogens with one attached hydrogen (secondary N) is 1. The highest BCUT2D eigenvalue weighted by molar-refractivity contribution is 5.74. The summed E-state index contributed by atoms with van der Waals surface area (Å²) in [5.41, 5.74) is 3.31. The second-order valence-electron chi connectivity index (χ2n) is 7.61. The topological polar surface area (TPSA) is 64.6 Å². The van der Waals surface area contributed by atoms with Crippen LogP contribution in [0.3, 0.4) is 0 Å². The van der Waals surface area contributed by atoms with Gasteiger partial charge < -0.3 is 14.8 Å². The molecule has 0 unspecified atom stereocenters. The maximum atomic E-state index is 9.62. The molecule has 0 aliphatic carbocycles. The lowest BCUT2D eigenvalue weighted by molar-refractivity contribution is 0.0483. The zero-order chi connectivity index (χ0) is 20.1. The van der Waals surface area contributed by atoms with Crippen LogP contribution < -0.4 is 4.74 Å². The smallest absolute Gasteiger partial charge is 0.123 e. The number of fused-ring (bicyclic) bond motifs is 1. The molecule has 1 fully saturated rings. The van der Waals surface area contributed by atoms with Gasteiger partial charge in [0, 0.05) is 44.4 Å². The predicted octanol–water partition coefficient (Wildman–Crippen LogP) is 3.03. The number of rotatable bonds is 8. The van der Waals surface area contributed by atoms with Gasteiger partial charge in [-0.05, 0) is 31.5 Å². The highest BCUT2D eigenvalue weighted by atomic mass is 16.5. The molecular weight excluding hydrogens is 364 g/mol. The molecule has 2 N–H and O–H groups in total. The summed E-state index contributed by atoms with van der Waals surface area (Å²) in [6, 6.07) is 16.7. The number of imidazole rings is 1. The van der Waals surface area contributed by atoms with Gasteiger partial charge in [0.25, 0.3) is 0 Å². The van der Waals surface area contributed by atoms with Crippen molar-refractivity contribution < 1.29 is 9.84 Å². The average molecular weight is 395 g/mol. The first-order chi connectivity index (χ1) is 14.3. The maximum Gasteiger partial charge on any atom is 0.123 e. The van der Waals surface area contributed by atoms with Crippen molar-refractivity contribution >= 4 is 11.0 Å². The minimum atomic E-state index is 0.201. The molecule has 154 valence electrons. The standard InChI is InChI=1S/C23H30N4O2/c1-2-29-22-10-6-3-7-18(22)15-27-13-12-26(16-19(27)11-14-28)17-23-24-20-8-4-5-9-21(20)25-23/h3-10,19,28H,2,11-17H2,1H3,(H,24,25)/t19-/m0/s1. The third-order valence-electron chi connectivity index (χ3n) is 5.61. The van der Waals surface area contributed by atoms with Crippen LogP contribution in [-0.4, -0.2) is 63.8 Å². The minimum Gasteiger partial charge on any atom is -0.494 e. The molecule has 0 bridgehead atoms. The number of hydrogen-bond acceptors (Lipinski definition) is 5. The number of H-pyrrole nitrogens is 1. The summed E-state index contributed by atoms with van der Waals surface area (Å²) in [5, 5.41) is 9.62. The number of hydrogen-bond donors (Lipinski definition) is 2. The van der Waals surface area contributed by atoms with E-state index in [1.54, 1.807) is 0 Å². The van der Waals surface area contributed by atoms with E-state index in [4.69, 9.17) is 9.72 Å². The molecule has 6 heteroatoms. The summed E-state index contributed by atoms with van der Waals surface area (Å²) in [6.07, 6.45) is 0.771. The van der Waals surface area contributed by atoms with Gasteiger partial charge in [0.1, 0.15) is 11.6 Å². The van der Waals surface area contributed by atoms with Crippen molar-refractivity contribution in [1.82, 2.24) is 19.8 Å².